The molecule has 0 spiro atoms. The van der Waals surface area contributed by atoms with Crippen LogP contribution in [-0.2, 0) is 6.54 Å². The normalized spacial score (nSPS) is 13.2. The van der Waals surface area contributed by atoms with E-state index in [1.54, 1.807) is 12.1 Å². The fraction of sp³-hybridized carbons (Fsp3) is 0.125. The smallest absolute Gasteiger partial charge is 0.336 e. The third kappa shape index (κ3) is 3.14. The molecule has 29 heavy (non-hydrogen) atoms. The van der Waals surface area contributed by atoms with Crippen LogP contribution in [0.2, 0.25) is 0 Å². The van der Waals surface area contributed by atoms with Gasteiger partial charge in [-0.15, -0.1) is 0 Å². The molecular weight excluding hydrogens is 369 g/mol. The van der Waals surface area contributed by atoms with Crippen LogP contribution in [0, 0.1) is 12.7 Å². The molecule has 4 aromatic rings. The van der Waals surface area contributed by atoms with Gasteiger partial charge in [0.2, 0.25) is 0 Å². The van der Waals surface area contributed by atoms with Gasteiger partial charge in [-0.2, -0.15) is 0 Å². The molecule has 5 rings (SSSR count). The van der Waals surface area contributed by atoms with Gasteiger partial charge in [0, 0.05) is 17.1 Å². The quantitative estimate of drug-likeness (QED) is 0.440. The summed E-state index contributed by atoms with van der Waals surface area (Å²) in [5, 5.41) is 0.858. The Labute approximate surface area is 166 Å². The van der Waals surface area contributed by atoms with Gasteiger partial charge in [0.25, 0.3) is 0 Å². The van der Waals surface area contributed by atoms with E-state index in [1.165, 1.54) is 18.2 Å². The van der Waals surface area contributed by atoms with Crippen molar-refractivity contribution >= 4 is 16.7 Å². The fourth-order valence-corrected chi connectivity index (χ4v) is 3.72. The first-order valence-electron chi connectivity index (χ1n) is 9.38. The Bertz CT molecular complexity index is 1260. The first-order valence-corrected chi connectivity index (χ1v) is 9.38. The van der Waals surface area contributed by atoms with E-state index < -0.39 is 5.63 Å². The lowest BCUT2D eigenvalue weighted by molar-refractivity contribution is 0.289. The van der Waals surface area contributed by atoms with Crippen LogP contribution in [0.1, 0.15) is 11.1 Å². The zero-order valence-electron chi connectivity index (χ0n) is 15.8. The predicted molar refractivity (Wildman–Crippen MR) is 111 cm³/mol. The molecular formula is C24H18FNO3. The van der Waals surface area contributed by atoms with Crippen LogP contribution in [0.4, 0.5) is 10.1 Å². The molecule has 0 saturated heterocycles. The summed E-state index contributed by atoms with van der Waals surface area (Å²) in [6, 6.07) is 19.7. The van der Waals surface area contributed by atoms with Gasteiger partial charge in [-0.25, -0.2) is 9.18 Å². The number of rotatable bonds is 2. The van der Waals surface area contributed by atoms with Crippen LogP contribution >= 0.6 is 0 Å². The average molecular weight is 387 g/mol. The summed E-state index contributed by atoms with van der Waals surface area (Å²) in [5.74, 6) is 0.409. The number of hydrogen-bond donors (Lipinski definition) is 0. The summed E-state index contributed by atoms with van der Waals surface area (Å²) in [6.45, 7) is 2.86. The molecule has 0 fully saturated rings. The van der Waals surface area contributed by atoms with Gasteiger partial charge in [-0.05, 0) is 54.4 Å². The number of fused-ring (bicyclic) bond motifs is 3. The molecule has 3 aromatic carbocycles. The minimum atomic E-state index is -0.402. The Morgan fingerprint density at radius 2 is 1.72 bits per heavy atom. The van der Waals surface area contributed by atoms with Crippen LogP contribution in [-0.4, -0.2) is 6.73 Å². The van der Waals surface area contributed by atoms with Crippen molar-refractivity contribution in [1.29, 1.82) is 0 Å². The Morgan fingerprint density at radius 3 is 2.48 bits per heavy atom. The molecule has 2 heterocycles. The molecule has 1 aromatic heterocycles. The van der Waals surface area contributed by atoms with E-state index >= 15 is 0 Å². The van der Waals surface area contributed by atoms with E-state index in [1.807, 2.05) is 48.2 Å². The number of hydrogen-bond acceptors (Lipinski definition) is 4. The standard InChI is InChI=1S/C24H18FNO3/c1-15-2-4-16(5-3-15)20-12-23(27)29-24-19(20)10-11-22-21(24)13-26(14-28-22)18-8-6-17(25)7-9-18/h2-12H,13-14H2,1H3. The van der Waals surface area contributed by atoms with Gasteiger partial charge < -0.3 is 14.1 Å². The lowest BCUT2D eigenvalue weighted by atomic mass is 9.98. The summed E-state index contributed by atoms with van der Waals surface area (Å²) in [4.78, 5) is 14.3. The molecule has 0 amide bonds. The highest BCUT2D eigenvalue weighted by molar-refractivity contribution is 5.96. The van der Waals surface area contributed by atoms with Crippen molar-refractivity contribution in [3.8, 4) is 16.9 Å². The second-order valence-electron chi connectivity index (χ2n) is 7.21. The number of anilines is 1. The number of benzene rings is 3. The maximum absolute atomic E-state index is 13.3. The maximum Gasteiger partial charge on any atom is 0.336 e. The van der Waals surface area contributed by atoms with E-state index in [4.69, 9.17) is 9.15 Å². The Kier molecular flexibility index (Phi) is 4.09. The molecule has 4 nitrogen and oxygen atoms in total. The molecule has 0 bridgehead atoms. The van der Waals surface area contributed by atoms with Gasteiger partial charge in [-0.1, -0.05) is 29.8 Å². The van der Waals surface area contributed by atoms with E-state index in [0.717, 1.165) is 33.3 Å². The van der Waals surface area contributed by atoms with Crippen molar-refractivity contribution < 1.29 is 13.5 Å². The number of aryl methyl sites for hydroxylation is 1. The third-order valence-corrected chi connectivity index (χ3v) is 5.25. The molecule has 144 valence electrons. The van der Waals surface area contributed by atoms with Crippen LogP contribution < -0.4 is 15.3 Å². The monoisotopic (exact) mass is 387 g/mol. The Balaban J connectivity index is 1.65. The zero-order chi connectivity index (χ0) is 20.0. The summed E-state index contributed by atoms with van der Waals surface area (Å²) in [6.07, 6.45) is 0. The highest BCUT2D eigenvalue weighted by atomic mass is 19.1. The van der Waals surface area contributed by atoms with Gasteiger partial charge in [0.05, 0.1) is 12.1 Å². The first kappa shape index (κ1) is 17.5. The molecule has 0 radical (unpaired) electrons. The molecule has 0 unspecified atom stereocenters. The molecule has 0 atom stereocenters. The Morgan fingerprint density at radius 1 is 0.966 bits per heavy atom. The van der Waals surface area contributed by atoms with Crippen molar-refractivity contribution in [2.75, 3.05) is 11.6 Å². The van der Waals surface area contributed by atoms with E-state index in [0.29, 0.717) is 24.6 Å². The largest absolute Gasteiger partial charge is 0.473 e. The Hall–Kier alpha value is -3.60. The molecule has 1 aliphatic heterocycles. The van der Waals surface area contributed by atoms with E-state index in [9.17, 15) is 9.18 Å². The minimum Gasteiger partial charge on any atom is -0.473 e. The number of halogens is 1. The van der Waals surface area contributed by atoms with Gasteiger partial charge >= 0.3 is 5.63 Å². The highest BCUT2D eigenvalue weighted by Gasteiger charge is 2.23. The van der Waals surface area contributed by atoms with Crippen molar-refractivity contribution in [2.45, 2.75) is 13.5 Å². The topological polar surface area (TPSA) is 42.7 Å². The highest BCUT2D eigenvalue weighted by Crippen LogP contribution is 2.37. The average Bonchev–Trinajstić information content (AvgIpc) is 2.74. The van der Waals surface area contributed by atoms with Crippen molar-refractivity contribution in [1.82, 2.24) is 0 Å². The predicted octanol–water partition coefficient (Wildman–Crippen LogP) is 5.26. The maximum atomic E-state index is 13.3. The van der Waals surface area contributed by atoms with Crippen molar-refractivity contribution in [3.63, 3.8) is 0 Å². The zero-order valence-corrected chi connectivity index (χ0v) is 15.8. The third-order valence-electron chi connectivity index (χ3n) is 5.25. The second kappa shape index (κ2) is 6.78. The summed E-state index contributed by atoms with van der Waals surface area (Å²) >= 11 is 0. The second-order valence-corrected chi connectivity index (χ2v) is 7.21. The lowest BCUT2D eigenvalue weighted by Crippen LogP contribution is -2.32. The van der Waals surface area contributed by atoms with E-state index in [2.05, 4.69) is 0 Å². The van der Waals surface area contributed by atoms with Crippen LogP contribution in [0.15, 0.2) is 75.9 Å². The molecule has 1 aliphatic rings. The lowest BCUT2D eigenvalue weighted by Gasteiger charge is -2.31. The molecule has 0 aliphatic carbocycles. The number of nitrogens with zero attached hydrogens (tertiary/aromatic N) is 1. The van der Waals surface area contributed by atoms with Gasteiger partial charge in [0.15, 0.2) is 6.73 Å². The summed E-state index contributed by atoms with van der Waals surface area (Å²) in [7, 11) is 0. The minimum absolute atomic E-state index is 0.286. The summed E-state index contributed by atoms with van der Waals surface area (Å²) in [5.41, 5.74) is 4.72. The molecule has 0 N–H and O–H groups in total. The van der Waals surface area contributed by atoms with Crippen LogP contribution in [0.5, 0.6) is 5.75 Å². The van der Waals surface area contributed by atoms with Crippen molar-refractivity contribution in [2.24, 2.45) is 0 Å². The fourth-order valence-electron chi connectivity index (χ4n) is 3.72. The van der Waals surface area contributed by atoms with Crippen LogP contribution in [0.3, 0.4) is 0 Å². The summed E-state index contributed by atoms with van der Waals surface area (Å²) < 4.78 is 24.8. The van der Waals surface area contributed by atoms with Crippen molar-refractivity contribution in [3.05, 3.63) is 94.1 Å². The number of ether oxygens (including phenoxy) is 1. The van der Waals surface area contributed by atoms with Crippen LogP contribution in [0.25, 0.3) is 22.1 Å². The first-order chi connectivity index (χ1) is 14.1. The van der Waals surface area contributed by atoms with Gasteiger partial charge in [-0.3, -0.25) is 0 Å². The van der Waals surface area contributed by atoms with Gasteiger partial charge in [0.1, 0.15) is 17.1 Å². The van der Waals surface area contributed by atoms with E-state index in [-0.39, 0.29) is 5.82 Å². The SMILES string of the molecule is Cc1ccc(-c2cc(=O)oc3c4c(ccc23)OCN(c2ccc(F)cc2)C4)cc1. The molecule has 5 heteroatoms. The molecule has 0 saturated carbocycles.